The van der Waals surface area contributed by atoms with Gasteiger partial charge in [-0.1, -0.05) is 0 Å². The maximum atomic E-state index is 11.7. The summed E-state index contributed by atoms with van der Waals surface area (Å²) in [4.78, 5) is 17.3. The Morgan fingerprint density at radius 2 is 2.31 bits per heavy atom. The average Bonchev–Trinajstić information content (AvgIpc) is 2.76. The summed E-state index contributed by atoms with van der Waals surface area (Å²) in [7, 11) is 0. The lowest BCUT2D eigenvalue weighted by molar-refractivity contribution is 0.0753. The maximum absolute atomic E-state index is 11.7. The molecule has 2 heterocycles. The molecule has 1 atom stereocenters. The topological polar surface area (TPSA) is 39.2 Å². The Balaban J connectivity index is 1.88. The first-order chi connectivity index (χ1) is 7.84. The summed E-state index contributed by atoms with van der Waals surface area (Å²) in [5.74, 6) is 2.26. The molecule has 1 aromatic rings. The first-order valence-corrected chi connectivity index (χ1v) is 7.54. The van der Waals surface area contributed by atoms with E-state index in [1.165, 1.54) is 4.88 Å². The van der Waals surface area contributed by atoms with Gasteiger partial charge in [0.1, 0.15) is 16.8 Å². The van der Waals surface area contributed by atoms with Crippen molar-refractivity contribution in [3.05, 3.63) is 15.6 Å². The average molecular weight is 255 g/mol. The van der Waals surface area contributed by atoms with Crippen molar-refractivity contribution >= 4 is 28.9 Å². The first kappa shape index (κ1) is 10.7. The van der Waals surface area contributed by atoms with Gasteiger partial charge in [-0.25, -0.2) is 4.98 Å². The van der Waals surface area contributed by atoms with Gasteiger partial charge in [0.15, 0.2) is 5.78 Å². The number of Topliss-reactive ketones (excluding diaryl/α,β-unsaturated/α-hetero) is 1. The number of nitrogens with zero attached hydrogens (tertiary/aromatic N) is 1. The minimum Gasteiger partial charge on any atom is -0.369 e. The lowest BCUT2D eigenvalue weighted by atomic mass is 10.0. The zero-order valence-electron chi connectivity index (χ0n) is 8.90. The van der Waals surface area contributed by atoms with Gasteiger partial charge in [0.05, 0.1) is 6.61 Å². The summed E-state index contributed by atoms with van der Waals surface area (Å²) in [6, 6.07) is 0. The fourth-order valence-corrected chi connectivity index (χ4v) is 4.18. The molecule has 1 aromatic heterocycles. The van der Waals surface area contributed by atoms with Crippen molar-refractivity contribution < 1.29 is 9.53 Å². The first-order valence-electron chi connectivity index (χ1n) is 5.57. The van der Waals surface area contributed by atoms with E-state index in [4.69, 9.17) is 4.74 Å². The molecule has 1 saturated heterocycles. The van der Waals surface area contributed by atoms with Gasteiger partial charge in [-0.05, 0) is 12.8 Å². The van der Waals surface area contributed by atoms with Crippen LogP contribution in [0.1, 0.15) is 39.3 Å². The number of aromatic nitrogens is 1. The van der Waals surface area contributed by atoms with E-state index in [2.05, 4.69) is 4.98 Å². The Morgan fingerprint density at radius 1 is 1.38 bits per heavy atom. The van der Waals surface area contributed by atoms with Gasteiger partial charge in [-0.2, -0.15) is 11.8 Å². The molecule has 16 heavy (non-hydrogen) atoms. The van der Waals surface area contributed by atoms with Gasteiger partial charge in [-0.15, -0.1) is 11.3 Å². The summed E-state index contributed by atoms with van der Waals surface area (Å²) in [5, 5.41) is 1.01. The number of rotatable bonds is 1. The van der Waals surface area contributed by atoms with Crippen molar-refractivity contribution in [3.63, 3.8) is 0 Å². The number of ketones is 1. The summed E-state index contributed by atoms with van der Waals surface area (Å²) in [5.41, 5.74) is 0.727. The molecule has 86 valence electrons. The highest BCUT2D eigenvalue weighted by Crippen LogP contribution is 2.34. The van der Waals surface area contributed by atoms with Crippen LogP contribution in [0.25, 0.3) is 0 Å². The normalized spacial score (nSPS) is 25.5. The van der Waals surface area contributed by atoms with Crippen LogP contribution in [0.15, 0.2) is 0 Å². The Bertz CT molecular complexity index is 410. The van der Waals surface area contributed by atoms with Gasteiger partial charge in [0.25, 0.3) is 0 Å². The number of ether oxygens (including phenoxy) is 1. The molecule has 1 unspecified atom stereocenters. The molecule has 0 spiro atoms. The third-order valence-corrected chi connectivity index (χ3v) is 5.08. The highest BCUT2D eigenvalue weighted by molar-refractivity contribution is 7.99. The molecule has 2 aliphatic rings. The zero-order chi connectivity index (χ0) is 11.0. The van der Waals surface area contributed by atoms with E-state index in [0.29, 0.717) is 6.42 Å². The molecule has 3 nitrogen and oxygen atoms in total. The van der Waals surface area contributed by atoms with Crippen LogP contribution in [-0.2, 0) is 11.2 Å². The number of thiazole rings is 1. The van der Waals surface area contributed by atoms with Gasteiger partial charge in [0.2, 0.25) is 0 Å². The van der Waals surface area contributed by atoms with E-state index >= 15 is 0 Å². The highest BCUT2D eigenvalue weighted by atomic mass is 32.2. The van der Waals surface area contributed by atoms with Crippen LogP contribution < -0.4 is 0 Å². The van der Waals surface area contributed by atoms with E-state index in [-0.39, 0.29) is 11.9 Å². The van der Waals surface area contributed by atoms with Crippen molar-refractivity contribution in [2.45, 2.75) is 25.4 Å². The van der Waals surface area contributed by atoms with Crippen LogP contribution in [0, 0.1) is 0 Å². The van der Waals surface area contributed by atoms with Crippen molar-refractivity contribution in [1.82, 2.24) is 4.98 Å². The van der Waals surface area contributed by atoms with Gasteiger partial charge in [0, 0.05) is 22.8 Å². The fourth-order valence-electron chi connectivity index (χ4n) is 2.05. The van der Waals surface area contributed by atoms with E-state index < -0.39 is 0 Å². The van der Waals surface area contributed by atoms with Crippen molar-refractivity contribution in [2.24, 2.45) is 0 Å². The number of fused-ring (bicyclic) bond motifs is 1. The molecule has 1 aliphatic carbocycles. The minimum atomic E-state index is 0.113. The second-order valence-corrected chi connectivity index (χ2v) is 6.30. The number of hydrogen-bond donors (Lipinski definition) is 0. The summed E-state index contributed by atoms with van der Waals surface area (Å²) in [6.45, 7) is 0.799. The molecular formula is C11H13NO2S2. The minimum absolute atomic E-state index is 0.113. The Hall–Kier alpha value is -0.390. The highest BCUT2D eigenvalue weighted by Gasteiger charge is 2.26. The molecule has 1 aliphatic heterocycles. The van der Waals surface area contributed by atoms with Crippen LogP contribution in [-0.4, -0.2) is 28.9 Å². The summed E-state index contributed by atoms with van der Waals surface area (Å²) in [6.07, 6.45) is 2.77. The molecule has 0 amide bonds. The van der Waals surface area contributed by atoms with Crippen molar-refractivity contribution in [3.8, 4) is 0 Å². The number of aryl methyl sites for hydroxylation is 1. The van der Waals surface area contributed by atoms with Gasteiger partial charge < -0.3 is 4.74 Å². The molecule has 0 radical (unpaired) electrons. The van der Waals surface area contributed by atoms with Gasteiger partial charge >= 0.3 is 0 Å². The van der Waals surface area contributed by atoms with Crippen molar-refractivity contribution in [1.29, 1.82) is 0 Å². The van der Waals surface area contributed by atoms with E-state index in [0.717, 1.165) is 41.7 Å². The van der Waals surface area contributed by atoms with Gasteiger partial charge in [-0.3, -0.25) is 4.79 Å². The Morgan fingerprint density at radius 3 is 3.06 bits per heavy atom. The van der Waals surface area contributed by atoms with Crippen LogP contribution in [0.2, 0.25) is 0 Å². The zero-order valence-corrected chi connectivity index (χ0v) is 10.5. The smallest absolute Gasteiger partial charge is 0.182 e. The standard InChI is InChI=1S/C11H13NO2S2/c13-7-2-1-3-9-10(7)12-11(16-9)8-6-15-5-4-14-8/h8H,1-6H2. The van der Waals surface area contributed by atoms with E-state index in [1.54, 1.807) is 11.3 Å². The predicted octanol–water partition coefficient (Wildman–Crippen LogP) is 2.47. The number of thioether (sulfide) groups is 1. The fraction of sp³-hybridized carbons (Fsp3) is 0.636. The lowest BCUT2D eigenvalue weighted by Crippen LogP contribution is -2.15. The number of carbonyl (C=O) groups excluding carboxylic acids is 1. The molecule has 0 bridgehead atoms. The quantitative estimate of drug-likeness (QED) is 0.773. The monoisotopic (exact) mass is 255 g/mol. The van der Waals surface area contributed by atoms with Crippen LogP contribution >= 0.6 is 23.1 Å². The van der Waals surface area contributed by atoms with Crippen LogP contribution in [0.5, 0.6) is 0 Å². The second kappa shape index (κ2) is 4.47. The Kier molecular flexibility index (Phi) is 3.00. The summed E-state index contributed by atoms with van der Waals surface area (Å²) < 4.78 is 5.69. The molecule has 5 heteroatoms. The summed E-state index contributed by atoms with van der Waals surface area (Å²) >= 11 is 3.58. The van der Waals surface area contributed by atoms with E-state index in [9.17, 15) is 4.79 Å². The largest absolute Gasteiger partial charge is 0.369 e. The molecule has 0 aromatic carbocycles. The lowest BCUT2D eigenvalue weighted by Gasteiger charge is -2.19. The maximum Gasteiger partial charge on any atom is 0.182 e. The number of carbonyl (C=O) groups is 1. The molecular weight excluding hydrogens is 242 g/mol. The van der Waals surface area contributed by atoms with Crippen molar-refractivity contribution in [2.75, 3.05) is 18.1 Å². The number of hydrogen-bond acceptors (Lipinski definition) is 5. The molecule has 0 N–H and O–H groups in total. The molecule has 0 saturated carbocycles. The Labute approximate surface area is 103 Å². The van der Waals surface area contributed by atoms with E-state index in [1.807, 2.05) is 11.8 Å². The second-order valence-electron chi connectivity index (χ2n) is 4.03. The predicted molar refractivity (Wildman–Crippen MR) is 65.4 cm³/mol. The third-order valence-electron chi connectivity index (χ3n) is 2.88. The molecule has 1 fully saturated rings. The SMILES string of the molecule is O=C1CCCc2sc(C3CSCCO3)nc21. The third kappa shape index (κ3) is 1.92. The van der Waals surface area contributed by atoms with Crippen LogP contribution in [0.3, 0.4) is 0 Å². The molecule has 3 rings (SSSR count). The van der Waals surface area contributed by atoms with Crippen LogP contribution in [0.4, 0.5) is 0 Å².